The molecule has 0 unspecified atom stereocenters. The van der Waals surface area contributed by atoms with Gasteiger partial charge in [-0.1, -0.05) is 12.1 Å². The number of methoxy groups -OCH3 is 2. The van der Waals surface area contributed by atoms with Crippen LogP contribution in [-0.4, -0.2) is 27.4 Å². The van der Waals surface area contributed by atoms with Crippen LogP contribution in [0.4, 0.5) is 0 Å². The summed E-state index contributed by atoms with van der Waals surface area (Å²) in [7, 11) is 1.20. The van der Waals surface area contributed by atoms with E-state index in [2.05, 4.69) is 9.05 Å². The normalized spacial score (nSPS) is 9.95. The zero-order valence-electron chi connectivity index (χ0n) is 12.0. The quantitative estimate of drug-likeness (QED) is 0.721. The third kappa shape index (κ3) is 9.68. The van der Waals surface area contributed by atoms with Gasteiger partial charge in [0.1, 0.15) is 5.75 Å². The summed E-state index contributed by atoms with van der Waals surface area (Å²) in [6, 6.07) is 7.84. The summed E-state index contributed by atoms with van der Waals surface area (Å²) >= 11 is 0. The molecular weight excluding hydrogens is 267 g/mol. The molecular formula is C13H23O5P. The molecule has 0 aromatic heterocycles. The maximum atomic E-state index is 10.4. The second kappa shape index (κ2) is 12.2. The smallest absolute Gasteiger partial charge is 0.319 e. The largest absolute Gasteiger partial charge is 0.497 e. The van der Waals surface area contributed by atoms with Crippen LogP contribution in [-0.2, 0) is 25.0 Å². The lowest BCUT2D eigenvalue weighted by atomic mass is 10.2. The van der Waals surface area contributed by atoms with E-state index >= 15 is 0 Å². The zero-order chi connectivity index (χ0) is 14.5. The van der Waals surface area contributed by atoms with E-state index < -0.39 is 8.25 Å². The van der Waals surface area contributed by atoms with Gasteiger partial charge in [-0.3, -0.25) is 4.57 Å². The molecule has 0 bridgehead atoms. The van der Waals surface area contributed by atoms with Gasteiger partial charge in [0.05, 0.1) is 26.9 Å². The molecule has 0 atom stereocenters. The summed E-state index contributed by atoms with van der Waals surface area (Å²) < 4.78 is 29.6. The van der Waals surface area contributed by atoms with E-state index in [4.69, 9.17) is 9.47 Å². The van der Waals surface area contributed by atoms with Crippen molar-refractivity contribution in [2.24, 2.45) is 0 Å². The molecule has 1 rings (SSSR count). The Morgan fingerprint density at radius 2 is 1.74 bits per heavy atom. The minimum Gasteiger partial charge on any atom is -0.497 e. The molecule has 0 heterocycles. The molecule has 6 heteroatoms. The van der Waals surface area contributed by atoms with E-state index in [9.17, 15) is 4.57 Å². The molecule has 0 radical (unpaired) electrons. The van der Waals surface area contributed by atoms with Crippen LogP contribution in [0, 0.1) is 0 Å². The molecule has 0 saturated carbocycles. The van der Waals surface area contributed by atoms with Crippen molar-refractivity contribution in [1.29, 1.82) is 0 Å². The molecule has 0 amide bonds. The standard InChI is InChI=1S/C9H12O2.C4H11O3P/c1-10-7-8-4-3-5-9(6-8)11-2;1-3-6-8(5)7-4-2/h3-6H,7H2,1-2H3;8H,3-4H2,1-2H3. The predicted molar refractivity (Wildman–Crippen MR) is 76.0 cm³/mol. The molecule has 19 heavy (non-hydrogen) atoms. The molecule has 0 spiro atoms. The molecule has 1 aromatic carbocycles. The average molecular weight is 290 g/mol. The SMILES string of the molecule is CCO[PH](=O)OCC.COCc1cccc(OC)c1. The lowest BCUT2D eigenvalue weighted by Gasteiger charge is -2.02. The Morgan fingerprint density at radius 3 is 2.21 bits per heavy atom. The van der Waals surface area contributed by atoms with Gasteiger partial charge in [0, 0.05) is 7.11 Å². The maximum Gasteiger partial charge on any atom is 0.319 e. The Kier molecular flexibility index (Phi) is 11.6. The third-order valence-electron chi connectivity index (χ3n) is 1.97. The number of hydrogen-bond acceptors (Lipinski definition) is 5. The minimum atomic E-state index is -2.14. The van der Waals surface area contributed by atoms with Crippen LogP contribution in [0.1, 0.15) is 19.4 Å². The molecule has 110 valence electrons. The van der Waals surface area contributed by atoms with Crippen molar-refractivity contribution in [2.75, 3.05) is 27.4 Å². The van der Waals surface area contributed by atoms with Crippen LogP contribution in [0.5, 0.6) is 5.75 Å². The van der Waals surface area contributed by atoms with Crippen LogP contribution in [0.15, 0.2) is 24.3 Å². The lowest BCUT2D eigenvalue weighted by molar-refractivity contribution is 0.184. The summed E-state index contributed by atoms with van der Waals surface area (Å²) in [6.07, 6.45) is 0. The van der Waals surface area contributed by atoms with Crippen molar-refractivity contribution in [3.63, 3.8) is 0 Å². The monoisotopic (exact) mass is 290 g/mol. The summed E-state index contributed by atoms with van der Waals surface area (Å²) in [4.78, 5) is 0. The number of hydrogen-bond donors (Lipinski definition) is 0. The van der Waals surface area contributed by atoms with Crippen molar-refractivity contribution >= 4 is 8.25 Å². The Bertz CT molecular complexity index is 349. The first-order chi connectivity index (χ1) is 9.17. The van der Waals surface area contributed by atoms with Gasteiger partial charge in [-0.05, 0) is 31.5 Å². The van der Waals surface area contributed by atoms with E-state index in [1.807, 2.05) is 24.3 Å². The topological polar surface area (TPSA) is 54.0 Å². The second-order valence-electron chi connectivity index (χ2n) is 3.40. The third-order valence-corrected chi connectivity index (χ3v) is 3.02. The Hall–Kier alpha value is -0.870. The van der Waals surface area contributed by atoms with Gasteiger partial charge in [-0.15, -0.1) is 0 Å². The lowest BCUT2D eigenvalue weighted by Crippen LogP contribution is -1.88. The van der Waals surface area contributed by atoms with Crippen LogP contribution in [0.3, 0.4) is 0 Å². The fraction of sp³-hybridized carbons (Fsp3) is 0.538. The van der Waals surface area contributed by atoms with E-state index in [1.54, 1.807) is 28.1 Å². The first-order valence-electron chi connectivity index (χ1n) is 6.09. The fourth-order valence-electron chi connectivity index (χ4n) is 1.21. The van der Waals surface area contributed by atoms with Crippen LogP contribution < -0.4 is 4.74 Å². The summed E-state index contributed by atoms with van der Waals surface area (Å²) in [5, 5.41) is 0. The summed E-state index contributed by atoms with van der Waals surface area (Å²) in [5.41, 5.74) is 1.13. The first kappa shape index (κ1) is 18.1. The van der Waals surface area contributed by atoms with Gasteiger partial charge in [0.2, 0.25) is 0 Å². The van der Waals surface area contributed by atoms with Gasteiger partial charge in [-0.2, -0.15) is 0 Å². The van der Waals surface area contributed by atoms with Gasteiger partial charge < -0.3 is 18.5 Å². The van der Waals surface area contributed by atoms with E-state index in [0.717, 1.165) is 11.3 Å². The van der Waals surface area contributed by atoms with Crippen LogP contribution in [0.25, 0.3) is 0 Å². The average Bonchev–Trinajstić information content (AvgIpc) is 2.41. The van der Waals surface area contributed by atoms with Crippen molar-refractivity contribution in [1.82, 2.24) is 0 Å². The molecule has 1 aromatic rings. The Labute approximate surface area is 115 Å². The van der Waals surface area contributed by atoms with Crippen LogP contribution >= 0.6 is 8.25 Å². The highest BCUT2D eigenvalue weighted by atomic mass is 31.1. The summed E-state index contributed by atoms with van der Waals surface area (Å²) in [6.45, 7) is 5.11. The summed E-state index contributed by atoms with van der Waals surface area (Å²) in [5.74, 6) is 0.875. The van der Waals surface area contributed by atoms with Crippen LogP contribution in [0.2, 0.25) is 0 Å². The molecule has 0 N–H and O–H groups in total. The molecule has 0 aliphatic rings. The van der Waals surface area contributed by atoms with Gasteiger partial charge in [0.15, 0.2) is 0 Å². The van der Waals surface area contributed by atoms with E-state index in [0.29, 0.717) is 19.8 Å². The van der Waals surface area contributed by atoms with Gasteiger partial charge in [0.25, 0.3) is 0 Å². The van der Waals surface area contributed by atoms with E-state index in [-0.39, 0.29) is 0 Å². The highest BCUT2D eigenvalue weighted by Crippen LogP contribution is 2.21. The zero-order valence-corrected chi connectivity index (χ0v) is 13.0. The highest BCUT2D eigenvalue weighted by Gasteiger charge is 1.93. The maximum absolute atomic E-state index is 10.4. The second-order valence-corrected chi connectivity index (χ2v) is 4.48. The molecule has 5 nitrogen and oxygen atoms in total. The van der Waals surface area contributed by atoms with Crippen molar-refractivity contribution in [3.05, 3.63) is 29.8 Å². The highest BCUT2D eigenvalue weighted by molar-refractivity contribution is 7.33. The Morgan fingerprint density at radius 1 is 1.11 bits per heavy atom. The fourth-order valence-corrected chi connectivity index (χ4v) is 1.76. The Balaban J connectivity index is 0.000000362. The number of benzene rings is 1. The number of ether oxygens (including phenoxy) is 2. The molecule has 0 saturated heterocycles. The van der Waals surface area contributed by atoms with E-state index in [1.165, 1.54) is 0 Å². The van der Waals surface area contributed by atoms with Gasteiger partial charge >= 0.3 is 8.25 Å². The minimum absolute atomic E-state index is 0.456. The number of rotatable bonds is 7. The molecule has 0 fully saturated rings. The van der Waals surface area contributed by atoms with Crippen molar-refractivity contribution in [2.45, 2.75) is 20.5 Å². The first-order valence-corrected chi connectivity index (χ1v) is 7.31. The van der Waals surface area contributed by atoms with Crippen molar-refractivity contribution < 1.29 is 23.1 Å². The van der Waals surface area contributed by atoms with Gasteiger partial charge in [-0.25, -0.2) is 0 Å². The molecule has 0 aliphatic carbocycles. The van der Waals surface area contributed by atoms with Crippen molar-refractivity contribution in [3.8, 4) is 5.75 Å². The predicted octanol–water partition coefficient (Wildman–Crippen LogP) is 3.29. The molecule has 0 aliphatic heterocycles.